The fourth-order valence-electron chi connectivity index (χ4n) is 1.97. The number of hydrogen-bond donors (Lipinski definition) is 1. The zero-order valence-corrected chi connectivity index (χ0v) is 14.0. The lowest BCUT2D eigenvalue weighted by atomic mass is 10.3. The van der Waals surface area contributed by atoms with Crippen molar-refractivity contribution >= 4 is 34.7 Å². The smallest absolute Gasteiger partial charge is 0.290 e. The van der Waals surface area contributed by atoms with Gasteiger partial charge in [0, 0.05) is 17.9 Å². The van der Waals surface area contributed by atoms with Gasteiger partial charge in [0.15, 0.2) is 0 Å². The predicted octanol–water partition coefficient (Wildman–Crippen LogP) is 3.62. The summed E-state index contributed by atoms with van der Waals surface area (Å²) in [6, 6.07) is 8.26. The average molecular weight is 363 g/mol. The van der Waals surface area contributed by atoms with Gasteiger partial charge in [-0.2, -0.15) is 0 Å². The number of hydrogen-bond acceptors (Lipinski definition) is 7. The highest BCUT2D eigenvalue weighted by Crippen LogP contribution is 2.41. The number of ether oxygens (including phenoxy) is 1. The van der Waals surface area contributed by atoms with Crippen LogP contribution < -0.4 is 10.1 Å². The Balaban J connectivity index is 2.49. The molecule has 0 spiro atoms. The Hall–Kier alpha value is -3.14. The van der Waals surface area contributed by atoms with E-state index in [0.29, 0.717) is 16.3 Å². The first-order valence-electron chi connectivity index (χ1n) is 6.88. The van der Waals surface area contributed by atoms with E-state index >= 15 is 0 Å². The van der Waals surface area contributed by atoms with Crippen molar-refractivity contribution < 1.29 is 19.4 Å². The maximum atomic E-state index is 11.3. The van der Waals surface area contributed by atoms with Crippen LogP contribution in [0.5, 0.6) is 5.75 Å². The zero-order valence-electron chi connectivity index (χ0n) is 13.2. The molecule has 25 heavy (non-hydrogen) atoms. The van der Waals surface area contributed by atoms with Crippen molar-refractivity contribution in [3.8, 4) is 5.75 Å². The first-order chi connectivity index (χ1) is 11.8. The Morgan fingerprint density at radius 3 is 2.36 bits per heavy atom. The van der Waals surface area contributed by atoms with Gasteiger partial charge in [-0.3, -0.25) is 25.0 Å². The number of amides is 1. The van der Waals surface area contributed by atoms with Gasteiger partial charge in [0.2, 0.25) is 5.91 Å². The van der Waals surface area contributed by atoms with E-state index in [1.54, 1.807) is 18.2 Å². The zero-order chi connectivity index (χ0) is 18.6. The molecule has 0 bridgehead atoms. The molecule has 1 amide bonds. The van der Waals surface area contributed by atoms with E-state index in [1.165, 1.54) is 26.2 Å². The first-order valence-corrected chi connectivity index (χ1v) is 7.69. The summed E-state index contributed by atoms with van der Waals surface area (Å²) in [6.07, 6.45) is 0. The number of benzene rings is 2. The molecule has 2 aromatic rings. The van der Waals surface area contributed by atoms with Crippen LogP contribution >= 0.6 is 11.8 Å². The molecule has 0 aliphatic heterocycles. The number of anilines is 1. The topological polar surface area (TPSA) is 125 Å². The van der Waals surface area contributed by atoms with Crippen LogP contribution in [0.1, 0.15) is 6.92 Å². The van der Waals surface area contributed by atoms with E-state index in [-0.39, 0.29) is 16.5 Å². The molecule has 130 valence electrons. The number of carbonyl (C=O) groups excluding carboxylic acids is 1. The summed E-state index contributed by atoms with van der Waals surface area (Å²) in [5, 5.41) is 24.7. The number of nitro benzene ring substituents is 2. The van der Waals surface area contributed by atoms with Gasteiger partial charge in [-0.05, 0) is 24.3 Å². The molecule has 0 aromatic heterocycles. The number of nitrogens with one attached hydrogen (secondary N) is 1. The Morgan fingerprint density at radius 1 is 1.08 bits per heavy atom. The maximum Gasteiger partial charge on any atom is 0.290 e. The molecule has 0 radical (unpaired) electrons. The van der Waals surface area contributed by atoms with Crippen LogP contribution in [0.2, 0.25) is 0 Å². The third-order valence-corrected chi connectivity index (χ3v) is 4.19. The lowest BCUT2D eigenvalue weighted by Gasteiger charge is -2.11. The van der Waals surface area contributed by atoms with Gasteiger partial charge in [0.25, 0.3) is 11.4 Å². The summed E-state index contributed by atoms with van der Waals surface area (Å²) in [5.74, 6) is 0.200. The van der Waals surface area contributed by atoms with Gasteiger partial charge in [0.1, 0.15) is 5.75 Å². The molecule has 0 atom stereocenters. The average Bonchev–Trinajstić information content (AvgIpc) is 2.55. The van der Waals surface area contributed by atoms with E-state index in [9.17, 15) is 25.0 Å². The van der Waals surface area contributed by atoms with Crippen LogP contribution in [0, 0.1) is 20.2 Å². The quantitative estimate of drug-likeness (QED) is 0.613. The summed E-state index contributed by atoms with van der Waals surface area (Å²) in [4.78, 5) is 32.7. The monoisotopic (exact) mass is 363 g/mol. The molecular formula is C15H13N3O6S. The maximum absolute atomic E-state index is 11.3. The number of carbonyl (C=O) groups is 1. The third kappa shape index (κ3) is 4.44. The second kappa shape index (κ2) is 7.62. The Labute approximate surface area is 146 Å². The second-order valence-electron chi connectivity index (χ2n) is 4.81. The minimum Gasteiger partial charge on any atom is -0.497 e. The number of rotatable bonds is 6. The highest BCUT2D eigenvalue weighted by Gasteiger charge is 2.21. The normalized spacial score (nSPS) is 10.2. The van der Waals surface area contributed by atoms with Crippen molar-refractivity contribution in [1.29, 1.82) is 0 Å². The van der Waals surface area contributed by atoms with Crippen molar-refractivity contribution in [2.45, 2.75) is 16.7 Å². The Bertz CT molecular complexity index is 855. The first kappa shape index (κ1) is 18.2. The Kier molecular flexibility index (Phi) is 5.55. The minimum atomic E-state index is -0.699. The van der Waals surface area contributed by atoms with Crippen LogP contribution in [0.4, 0.5) is 17.1 Å². The second-order valence-corrected chi connectivity index (χ2v) is 5.90. The number of non-ortho nitro benzene ring substituents is 1. The fourth-order valence-corrected chi connectivity index (χ4v) is 2.99. The number of methoxy groups -OCH3 is 1. The molecule has 0 aliphatic carbocycles. The molecular weight excluding hydrogens is 350 g/mol. The van der Waals surface area contributed by atoms with E-state index in [2.05, 4.69) is 5.32 Å². The van der Waals surface area contributed by atoms with Crippen LogP contribution in [0.25, 0.3) is 0 Å². The van der Waals surface area contributed by atoms with Gasteiger partial charge in [-0.15, -0.1) is 0 Å². The summed E-state index contributed by atoms with van der Waals surface area (Å²) < 4.78 is 5.13. The molecule has 0 unspecified atom stereocenters. The molecule has 10 heteroatoms. The highest BCUT2D eigenvalue weighted by atomic mass is 32.2. The molecule has 0 fully saturated rings. The van der Waals surface area contributed by atoms with Gasteiger partial charge in [0.05, 0.1) is 33.6 Å². The molecule has 0 aliphatic rings. The molecule has 0 heterocycles. The number of nitrogens with zero attached hydrogens (tertiary/aromatic N) is 2. The molecule has 1 N–H and O–H groups in total. The van der Waals surface area contributed by atoms with Crippen LogP contribution in [-0.4, -0.2) is 22.9 Å². The Morgan fingerprint density at radius 2 is 1.80 bits per heavy atom. The van der Waals surface area contributed by atoms with Crippen molar-refractivity contribution in [2.24, 2.45) is 0 Å². The van der Waals surface area contributed by atoms with Gasteiger partial charge in [-0.1, -0.05) is 11.8 Å². The van der Waals surface area contributed by atoms with Crippen LogP contribution in [-0.2, 0) is 4.79 Å². The van der Waals surface area contributed by atoms with E-state index in [0.717, 1.165) is 17.8 Å². The van der Waals surface area contributed by atoms with E-state index < -0.39 is 15.5 Å². The summed E-state index contributed by atoms with van der Waals surface area (Å²) in [7, 11) is 1.47. The fraction of sp³-hybridized carbons (Fsp3) is 0.133. The van der Waals surface area contributed by atoms with Crippen molar-refractivity contribution in [2.75, 3.05) is 12.4 Å². The van der Waals surface area contributed by atoms with Gasteiger partial charge in [-0.25, -0.2) is 0 Å². The molecule has 9 nitrogen and oxygen atoms in total. The van der Waals surface area contributed by atoms with Gasteiger partial charge >= 0.3 is 0 Å². The van der Waals surface area contributed by atoms with Gasteiger partial charge < -0.3 is 10.1 Å². The van der Waals surface area contributed by atoms with E-state index in [4.69, 9.17) is 4.74 Å². The van der Waals surface area contributed by atoms with Crippen molar-refractivity contribution in [3.63, 3.8) is 0 Å². The lowest BCUT2D eigenvalue weighted by molar-refractivity contribution is -0.396. The standard InChI is InChI=1S/C15H13N3O6S/c1-9(19)16-12-5-4-11(24-2)8-15(12)25-14-6-3-10(17(20)21)7-13(14)18(22)23/h3-8H,1-2H3,(H,16,19). The summed E-state index contributed by atoms with van der Waals surface area (Å²) in [5.41, 5.74) is -0.314. The summed E-state index contributed by atoms with van der Waals surface area (Å²) in [6.45, 7) is 1.34. The molecule has 2 rings (SSSR count). The predicted molar refractivity (Wildman–Crippen MR) is 91.2 cm³/mol. The molecule has 0 saturated heterocycles. The third-order valence-electron chi connectivity index (χ3n) is 3.07. The minimum absolute atomic E-state index is 0.204. The van der Waals surface area contributed by atoms with Crippen LogP contribution in [0.3, 0.4) is 0 Å². The van der Waals surface area contributed by atoms with Crippen LogP contribution in [0.15, 0.2) is 46.2 Å². The molecule has 2 aromatic carbocycles. The lowest BCUT2D eigenvalue weighted by Crippen LogP contribution is -2.06. The molecule has 0 saturated carbocycles. The SMILES string of the molecule is COc1ccc(NC(C)=O)c(Sc2ccc([N+](=O)[O-])cc2[N+](=O)[O-])c1. The summed E-state index contributed by atoms with van der Waals surface area (Å²) >= 11 is 1.00. The van der Waals surface area contributed by atoms with E-state index in [1.807, 2.05) is 0 Å². The largest absolute Gasteiger partial charge is 0.497 e. The number of nitro groups is 2. The highest BCUT2D eigenvalue weighted by molar-refractivity contribution is 7.99. The van der Waals surface area contributed by atoms with Crippen molar-refractivity contribution in [3.05, 3.63) is 56.6 Å². The van der Waals surface area contributed by atoms with Crippen molar-refractivity contribution in [1.82, 2.24) is 0 Å².